The quantitative estimate of drug-likeness (QED) is 0.873. The number of rotatable bonds is 5. The van der Waals surface area contributed by atoms with Gasteiger partial charge < -0.3 is 15.3 Å². The molecule has 6 nitrogen and oxygen atoms in total. The largest absolute Gasteiger partial charge is 0.480 e. The van der Waals surface area contributed by atoms with Gasteiger partial charge in [-0.1, -0.05) is 12.1 Å². The van der Waals surface area contributed by atoms with Crippen molar-refractivity contribution in [3.63, 3.8) is 0 Å². The van der Waals surface area contributed by atoms with Crippen molar-refractivity contribution >= 4 is 39.2 Å². The summed E-state index contributed by atoms with van der Waals surface area (Å²) in [5, 5.41) is 11.9. The van der Waals surface area contributed by atoms with E-state index in [2.05, 4.69) is 31.2 Å². The van der Waals surface area contributed by atoms with Crippen LogP contribution in [-0.2, 0) is 4.79 Å². The smallest absolute Gasteiger partial charge is 0.323 e. The van der Waals surface area contributed by atoms with E-state index in [0.29, 0.717) is 11.6 Å². The Balaban J connectivity index is 2.18. The predicted molar refractivity (Wildman–Crippen MR) is 80.4 cm³/mol. The van der Waals surface area contributed by atoms with Gasteiger partial charge >= 0.3 is 5.97 Å². The molecule has 0 saturated carbocycles. The number of likely N-dealkylation sites (N-methyl/N-ethyl adjacent to an activating group) is 1. The van der Waals surface area contributed by atoms with E-state index in [9.17, 15) is 4.79 Å². The Bertz CT molecular complexity index is 621. The number of aromatic nitrogens is 2. The van der Waals surface area contributed by atoms with Crippen molar-refractivity contribution in [1.82, 2.24) is 9.97 Å². The van der Waals surface area contributed by atoms with E-state index in [-0.39, 0.29) is 6.54 Å². The monoisotopic (exact) mass is 336 g/mol. The van der Waals surface area contributed by atoms with Crippen molar-refractivity contribution in [1.29, 1.82) is 0 Å². The third-order valence-corrected chi connectivity index (χ3v) is 3.24. The molecule has 0 fully saturated rings. The molecule has 0 amide bonds. The number of nitrogens with one attached hydrogen (secondary N) is 1. The van der Waals surface area contributed by atoms with Gasteiger partial charge in [-0.05, 0) is 28.1 Å². The van der Waals surface area contributed by atoms with Gasteiger partial charge in [0.2, 0.25) is 0 Å². The lowest BCUT2D eigenvalue weighted by molar-refractivity contribution is -0.135. The summed E-state index contributed by atoms with van der Waals surface area (Å²) in [5.74, 6) is 0.225. The number of carboxylic acid groups (broad SMARTS) is 1. The fraction of sp³-hybridized carbons (Fsp3) is 0.154. The average molecular weight is 337 g/mol. The third kappa shape index (κ3) is 3.67. The Labute approximate surface area is 124 Å². The van der Waals surface area contributed by atoms with Crippen LogP contribution in [0.2, 0.25) is 0 Å². The number of halogens is 1. The molecule has 0 saturated heterocycles. The SMILES string of the molecule is CN(CC(=O)O)c1cc(Nc2ccccc2Br)ncn1. The average Bonchev–Trinajstić information content (AvgIpc) is 2.41. The van der Waals surface area contributed by atoms with Crippen molar-refractivity contribution < 1.29 is 9.90 Å². The summed E-state index contributed by atoms with van der Waals surface area (Å²) < 4.78 is 0.916. The van der Waals surface area contributed by atoms with Crippen molar-refractivity contribution in [2.75, 3.05) is 23.8 Å². The molecule has 2 aromatic rings. The summed E-state index contributed by atoms with van der Waals surface area (Å²) in [6.07, 6.45) is 1.40. The Morgan fingerprint density at radius 1 is 1.40 bits per heavy atom. The lowest BCUT2D eigenvalue weighted by atomic mass is 10.3. The predicted octanol–water partition coefficient (Wildman–Crippen LogP) is 2.50. The van der Waals surface area contributed by atoms with Crippen LogP contribution in [0.3, 0.4) is 0 Å². The highest BCUT2D eigenvalue weighted by molar-refractivity contribution is 9.10. The topological polar surface area (TPSA) is 78.4 Å². The number of hydrogen-bond donors (Lipinski definition) is 2. The fourth-order valence-corrected chi connectivity index (χ4v) is 1.99. The van der Waals surface area contributed by atoms with Crippen molar-refractivity contribution in [2.24, 2.45) is 0 Å². The number of benzene rings is 1. The van der Waals surface area contributed by atoms with Crippen LogP contribution >= 0.6 is 15.9 Å². The zero-order chi connectivity index (χ0) is 14.5. The molecule has 0 spiro atoms. The minimum atomic E-state index is -0.911. The van der Waals surface area contributed by atoms with Crippen LogP contribution in [0.1, 0.15) is 0 Å². The molecule has 2 rings (SSSR count). The van der Waals surface area contributed by atoms with Gasteiger partial charge in [0, 0.05) is 17.6 Å². The van der Waals surface area contributed by atoms with Crippen LogP contribution in [0, 0.1) is 0 Å². The van der Waals surface area contributed by atoms with Gasteiger partial charge in [-0.15, -0.1) is 0 Å². The normalized spacial score (nSPS) is 10.1. The first kappa shape index (κ1) is 14.3. The number of hydrogen-bond acceptors (Lipinski definition) is 5. The van der Waals surface area contributed by atoms with Crippen LogP contribution in [0.15, 0.2) is 41.1 Å². The van der Waals surface area contributed by atoms with Gasteiger partial charge in [0.15, 0.2) is 0 Å². The Morgan fingerprint density at radius 3 is 2.85 bits per heavy atom. The second kappa shape index (κ2) is 6.33. The molecule has 0 aliphatic heterocycles. The molecule has 0 bridgehead atoms. The zero-order valence-electron chi connectivity index (χ0n) is 10.7. The molecule has 1 aromatic carbocycles. The standard InChI is InChI=1S/C13H13BrN4O2/c1-18(7-13(19)20)12-6-11(15-8-16-12)17-10-5-3-2-4-9(10)14/h2-6,8H,7H2,1H3,(H,19,20)(H,15,16,17). The van der Waals surface area contributed by atoms with Gasteiger partial charge in [0.1, 0.15) is 24.5 Å². The number of aliphatic carboxylic acids is 1. The number of para-hydroxylation sites is 1. The maximum absolute atomic E-state index is 10.7. The van der Waals surface area contributed by atoms with Gasteiger partial charge in [0.05, 0.1) is 5.69 Å². The lowest BCUT2D eigenvalue weighted by Gasteiger charge is -2.16. The highest BCUT2D eigenvalue weighted by atomic mass is 79.9. The highest BCUT2D eigenvalue weighted by Gasteiger charge is 2.08. The van der Waals surface area contributed by atoms with Gasteiger partial charge in [-0.3, -0.25) is 4.79 Å². The maximum Gasteiger partial charge on any atom is 0.323 e. The summed E-state index contributed by atoms with van der Waals surface area (Å²) in [7, 11) is 1.67. The van der Waals surface area contributed by atoms with Crippen LogP contribution in [0.5, 0.6) is 0 Å². The first-order chi connectivity index (χ1) is 9.56. The van der Waals surface area contributed by atoms with Crippen LogP contribution in [-0.4, -0.2) is 34.6 Å². The Hall–Kier alpha value is -2.15. The zero-order valence-corrected chi connectivity index (χ0v) is 12.3. The number of carbonyl (C=O) groups is 1. The van der Waals surface area contributed by atoms with Crippen LogP contribution < -0.4 is 10.2 Å². The molecule has 0 radical (unpaired) electrons. The highest BCUT2D eigenvalue weighted by Crippen LogP contribution is 2.25. The van der Waals surface area contributed by atoms with E-state index >= 15 is 0 Å². The maximum atomic E-state index is 10.7. The molecule has 20 heavy (non-hydrogen) atoms. The number of nitrogens with zero attached hydrogens (tertiary/aromatic N) is 3. The molecule has 0 aliphatic rings. The minimum Gasteiger partial charge on any atom is -0.480 e. The molecular formula is C13H13BrN4O2. The van der Waals surface area contributed by atoms with E-state index < -0.39 is 5.97 Å². The Morgan fingerprint density at radius 2 is 2.15 bits per heavy atom. The Kier molecular flexibility index (Phi) is 4.52. The summed E-state index contributed by atoms with van der Waals surface area (Å²) in [5.41, 5.74) is 0.873. The van der Waals surface area contributed by atoms with E-state index in [1.54, 1.807) is 13.1 Å². The van der Waals surface area contributed by atoms with Gasteiger partial charge in [-0.2, -0.15) is 0 Å². The lowest BCUT2D eigenvalue weighted by Crippen LogP contribution is -2.26. The summed E-state index contributed by atoms with van der Waals surface area (Å²) >= 11 is 3.44. The number of carboxylic acids is 1. The van der Waals surface area contributed by atoms with Crippen molar-refractivity contribution in [3.8, 4) is 0 Å². The molecule has 1 aromatic heterocycles. The molecule has 0 unspecified atom stereocenters. The van der Waals surface area contributed by atoms with E-state index in [4.69, 9.17) is 5.11 Å². The molecule has 0 aliphatic carbocycles. The molecule has 104 valence electrons. The van der Waals surface area contributed by atoms with Crippen LogP contribution in [0.25, 0.3) is 0 Å². The molecular weight excluding hydrogens is 324 g/mol. The summed E-state index contributed by atoms with van der Waals surface area (Å²) in [4.78, 5) is 20.4. The van der Waals surface area contributed by atoms with E-state index in [1.165, 1.54) is 11.2 Å². The van der Waals surface area contributed by atoms with E-state index in [0.717, 1.165) is 10.2 Å². The van der Waals surface area contributed by atoms with Gasteiger partial charge in [0.25, 0.3) is 0 Å². The van der Waals surface area contributed by atoms with Crippen molar-refractivity contribution in [3.05, 3.63) is 41.1 Å². The minimum absolute atomic E-state index is 0.120. The molecule has 0 atom stereocenters. The third-order valence-electron chi connectivity index (χ3n) is 2.55. The second-order valence-electron chi connectivity index (χ2n) is 4.12. The van der Waals surface area contributed by atoms with Gasteiger partial charge in [-0.25, -0.2) is 9.97 Å². The summed E-state index contributed by atoms with van der Waals surface area (Å²) in [6, 6.07) is 9.35. The molecule has 1 heterocycles. The second-order valence-corrected chi connectivity index (χ2v) is 4.97. The van der Waals surface area contributed by atoms with Crippen molar-refractivity contribution in [2.45, 2.75) is 0 Å². The first-order valence-corrected chi connectivity index (χ1v) is 6.62. The van der Waals surface area contributed by atoms with E-state index in [1.807, 2.05) is 24.3 Å². The van der Waals surface area contributed by atoms with Crippen LogP contribution in [0.4, 0.5) is 17.3 Å². The molecule has 7 heteroatoms. The fourth-order valence-electron chi connectivity index (χ4n) is 1.61. The first-order valence-electron chi connectivity index (χ1n) is 5.83. The number of anilines is 3. The summed E-state index contributed by atoms with van der Waals surface area (Å²) in [6.45, 7) is -0.120. The molecule has 2 N–H and O–H groups in total.